The summed E-state index contributed by atoms with van der Waals surface area (Å²) in [4.78, 5) is 36.7. The van der Waals surface area contributed by atoms with Crippen LogP contribution in [-0.2, 0) is 9.53 Å². The van der Waals surface area contributed by atoms with Crippen molar-refractivity contribution in [2.24, 2.45) is 0 Å². The van der Waals surface area contributed by atoms with E-state index in [2.05, 4.69) is 23.7 Å². The maximum Gasteiger partial charge on any atom is 0.340 e. The minimum absolute atomic E-state index is 0.228. The Morgan fingerprint density at radius 1 is 1.00 bits per heavy atom. The molecule has 2 atom stereocenters. The molecule has 1 aliphatic rings. The van der Waals surface area contributed by atoms with Gasteiger partial charge in [-0.3, -0.25) is 9.78 Å². The number of ether oxygens (including phenoxy) is 2. The van der Waals surface area contributed by atoms with Crippen LogP contribution >= 0.6 is 11.8 Å². The Morgan fingerprint density at radius 2 is 1.74 bits per heavy atom. The van der Waals surface area contributed by atoms with Crippen molar-refractivity contribution < 1.29 is 19.1 Å². The molecule has 8 heteroatoms. The fraction of sp³-hybridized carbons (Fsp3) is 0.367. The van der Waals surface area contributed by atoms with Crippen LogP contribution in [0.3, 0.4) is 0 Å². The molecular weight excluding hydrogens is 498 g/mol. The lowest BCUT2D eigenvalue weighted by Gasteiger charge is -2.30. The summed E-state index contributed by atoms with van der Waals surface area (Å²) in [6, 6.07) is 18.8. The number of methoxy groups -OCH3 is 1. The molecule has 0 N–H and O–H groups in total. The Kier molecular flexibility index (Phi) is 9.79. The number of hydrogen-bond acceptors (Lipinski definition) is 7. The summed E-state index contributed by atoms with van der Waals surface area (Å²) in [7, 11) is 1.62. The number of carbonyl (C=O) groups is 2. The van der Waals surface area contributed by atoms with Gasteiger partial charge >= 0.3 is 5.97 Å². The van der Waals surface area contributed by atoms with Gasteiger partial charge in [0.05, 0.1) is 23.6 Å². The van der Waals surface area contributed by atoms with E-state index in [0.29, 0.717) is 12.1 Å². The third-order valence-electron chi connectivity index (χ3n) is 6.49. The predicted octanol–water partition coefficient (Wildman–Crippen LogP) is 5.62. The fourth-order valence-corrected chi connectivity index (χ4v) is 5.95. The van der Waals surface area contributed by atoms with Gasteiger partial charge in [0, 0.05) is 30.4 Å². The van der Waals surface area contributed by atoms with E-state index >= 15 is 0 Å². The Balaban J connectivity index is 1.72. The molecule has 4 rings (SSSR count). The first-order chi connectivity index (χ1) is 18.5. The van der Waals surface area contributed by atoms with E-state index in [4.69, 9.17) is 9.47 Å². The second-order valence-electron chi connectivity index (χ2n) is 9.18. The zero-order valence-electron chi connectivity index (χ0n) is 22.2. The molecule has 2 heterocycles. The topological polar surface area (TPSA) is 72.0 Å². The molecule has 38 heavy (non-hydrogen) atoms. The highest BCUT2D eigenvalue weighted by Crippen LogP contribution is 2.47. The van der Waals surface area contributed by atoms with Crippen LogP contribution < -0.4 is 9.64 Å². The molecule has 3 aromatic rings. The molecular formula is C30H35N3O4S. The van der Waals surface area contributed by atoms with E-state index in [9.17, 15) is 9.59 Å². The fourth-order valence-electron chi connectivity index (χ4n) is 4.64. The number of carbonyl (C=O) groups excluding carboxylic acids is 2. The van der Waals surface area contributed by atoms with Gasteiger partial charge in [-0.15, -0.1) is 11.8 Å². The number of benzene rings is 2. The van der Waals surface area contributed by atoms with Crippen molar-refractivity contribution in [2.45, 2.75) is 42.9 Å². The molecule has 0 aliphatic carbocycles. The van der Waals surface area contributed by atoms with Crippen molar-refractivity contribution in [3.63, 3.8) is 0 Å². The number of nitrogens with zero attached hydrogens (tertiary/aromatic N) is 3. The number of aromatic nitrogens is 1. The van der Waals surface area contributed by atoms with Crippen molar-refractivity contribution in [3.8, 4) is 5.75 Å². The standard InChI is InChI=1S/C30H35N3O4S/c1-4-17-32(18-5-2)19-20-33-25-10-6-7-11-26(25)38-28(22-12-14-24(36-3)15-13-22)27(29(33)34)37-30(35)23-9-8-16-31-21-23/h6-16,21,27-28H,4-5,17-20H2,1-3H3. The number of amides is 1. The van der Waals surface area contributed by atoms with Gasteiger partial charge in [-0.2, -0.15) is 0 Å². The average molecular weight is 534 g/mol. The molecule has 200 valence electrons. The number of rotatable bonds is 11. The molecule has 0 saturated heterocycles. The number of hydrogen-bond donors (Lipinski definition) is 0. The molecule has 2 unspecified atom stereocenters. The smallest absolute Gasteiger partial charge is 0.340 e. The SMILES string of the molecule is CCCN(CCC)CCN1C(=O)C(OC(=O)c2cccnc2)C(c2ccc(OC)cc2)Sc2ccccc21. The zero-order valence-corrected chi connectivity index (χ0v) is 23.0. The maximum atomic E-state index is 14.3. The molecule has 0 radical (unpaired) electrons. The monoisotopic (exact) mass is 533 g/mol. The molecule has 1 aromatic heterocycles. The normalized spacial score (nSPS) is 17.2. The van der Waals surface area contributed by atoms with Crippen LogP contribution in [0.1, 0.15) is 47.9 Å². The summed E-state index contributed by atoms with van der Waals surface area (Å²) in [5, 5.41) is -0.442. The van der Waals surface area contributed by atoms with Crippen LogP contribution in [0, 0.1) is 0 Å². The molecule has 2 aromatic carbocycles. The number of fused-ring (bicyclic) bond motifs is 1. The van der Waals surface area contributed by atoms with Gasteiger partial charge in [0.2, 0.25) is 0 Å². The van der Waals surface area contributed by atoms with Crippen LogP contribution in [0.25, 0.3) is 0 Å². The second-order valence-corrected chi connectivity index (χ2v) is 10.4. The van der Waals surface area contributed by atoms with Crippen LogP contribution in [0.15, 0.2) is 78.0 Å². The van der Waals surface area contributed by atoms with Gasteiger partial charge in [-0.25, -0.2) is 4.79 Å². The number of pyridine rings is 1. The average Bonchev–Trinajstić information content (AvgIpc) is 3.06. The van der Waals surface area contributed by atoms with Gasteiger partial charge in [0.1, 0.15) is 5.75 Å². The van der Waals surface area contributed by atoms with Crippen LogP contribution in [0.2, 0.25) is 0 Å². The van der Waals surface area contributed by atoms with Crippen LogP contribution in [-0.4, -0.2) is 61.2 Å². The lowest BCUT2D eigenvalue weighted by Crippen LogP contribution is -2.46. The zero-order chi connectivity index (χ0) is 26.9. The number of para-hydroxylation sites is 1. The van der Waals surface area contributed by atoms with Crippen molar-refractivity contribution in [2.75, 3.05) is 38.2 Å². The first-order valence-electron chi connectivity index (χ1n) is 13.1. The Labute approximate surface area is 229 Å². The Morgan fingerprint density at radius 3 is 2.39 bits per heavy atom. The van der Waals surface area contributed by atoms with Crippen molar-refractivity contribution in [1.82, 2.24) is 9.88 Å². The lowest BCUT2D eigenvalue weighted by atomic mass is 10.1. The van der Waals surface area contributed by atoms with Gasteiger partial charge in [0.25, 0.3) is 5.91 Å². The lowest BCUT2D eigenvalue weighted by molar-refractivity contribution is -0.127. The highest BCUT2D eigenvalue weighted by atomic mass is 32.2. The first-order valence-corrected chi connectivity index (χ1v) is 14.0. The molecule has 0 spiro atoms. The van der Waals surface area contributed by atoms with Crippen LogP contribution in [0.4, 0.5) is 5.69 Å². The number of esters is 1. The highest BCUT2D eigenvalue weighted by molar-refractivity contribution is 7.99. The largest absolute Gasteiger partial charge is 0.497 e. The molecule has 0 fully saturated rings. The summed E-state index contributed by atoms with van der Waals surface area (Å²) < 4.78 is 11.4. The first kappa shape index (κ1) is 27.7. The Hall–Kier alpha value is -3.36. The maximum absolute atomic E-state index is 14.3. The summed E-state index contributed by atoms with van der Waals surface area (Å²) >= 11 is 1.54. The minimum Gasteiger partial charge on any atom is -0.497 e. The minimum atomic E-state index is -1.03. The molecule has 0 bridgehead atoms. The van der Waals surface area contributed by atoms with Gasteiger partial charge < -0.3 is 19.3 Å². The van der Waals surface area contributed by atoms with Gasteiger partial charge in [-0.1, -0.05) is 38.1 Å². The third-order valence-corrected chi connectivity index (χ3v) is 7.86. The summed E-state index contributed by atoms with van der Waals surface area (Å²) in [6.45, 7) is 7.52. The Bertz CT molecular complexity index is 1200. The van der Waals surface area contributed by atoms with Crippen molar-refractivity contribution in [1.29, 1.82) is 0 Å². The predicted molar refractivity (Wildman–Crippen MR) is 151 cm³/mol. The van der Waals surface area contributed by atoms with Crippen molar-refractivity contribution in [3.05, 3.63) is 84.2 Å². The third kappa shape index (κ3) is 6.55. The van der Waals surface area contributed by atoms with E-state index < -0.39 is 17.3 Å². The van der Waals surface area contributed by atoms with E-state index in [1.165, 1.54) is 6.20 Å². The number of thioether (sulfide) groups is 1. The number of anilines is 1. The second kappa shape index (κ2) is 13.4. The molecule has 1 amide bonds. The van der Waals surface area contributed by atoms with Crippen LogP contribution in [0.5, 0.6) is 5.75 Å². The molecule has 1 aliphatic heterocycles. The van der Waals surface area contributed by atoms with Gasteiger partial charge in [0.15, 0.2) is 6.10 Å². The summed E-state index contributed by atoms with van der Waals surface area (Å²) in [5.74, 6) is -0.0786. The van der Waals surface area contributed by atoms with Gasteiger partial charge in [-0.05, 0) is 67.9 Å². The molecule has 7 nitrogen and oxygen atoms in total. The molecule has 0 saturated carbocycles. The van der Waals surface area contributed by atoms with E-state index in [0.717, 1.165) is 54.4 Å². The van der Waals surface area contributed by atoms with E-state index in [1.54, 1.807) is 42.1 Å². The quantitative estimate of drug-likeness (QED) is 0.296. The van der Waals surface area contributed by atoms with E-state index in [1.807, 2.05) is 48.5 Å². The van der Waals surface area contributed by atoms with E-state index in [-0.39, 0.29) is 5.91 Å². The van der Waals surface area contributed by atoms with Crippen molar-refractivity contribution >= 4 is 29.3 Å². The highest BCUT2D eigenvalue weighted by Gasteiger charge is 2.41. The summed E-state index contributed by atoms with van der Waals surface area (Å²) in [5.41, 5.74) is 2.03. The summed E-state index contributed by atoms with van der Waals surface area (Å²) in [6.07, 6.45) is 4.12.